The molecule has 35 heavy (non-hydrogen) atoms. The molecular weight excluding hydrogens is 444 g/mol. The van der Waals surface area contributed by atoms with Crippen molar-refractivity contribution in [2.45, 2.75) is 38.8 Å². The van der Waals surface area contributed by atoms with E-state index in [1.807, 2.05) is 38.1 Å². The fraction of sp³-hybridized carbons (Fsp3) is 0.500. The monoisotopic (exact) mass is 478 g/mol. The number of piperazine rings is 1. The molecular formula is C26H34N6O3. The lowest BCUT2D eigenvalue weighted by atomic mass is 10.1. The van der Waals surface area contributed by atoms with Gasteiger partial charge in [0.05, 0.1) is 17.0 Å². The van der Waals surface area contributed by atoms with Crippen LogP contribution < -0.4 is 15.0 Å². The number of nitrogens with one attached hydrogen (secondary N) is 1. The molecule has 0 radical (unpaired) electrons. The Morgan fingerprint density at radius 3 is 2.63 bits per heavy atom. The second-order valence-corrected chi connectivity index (χ2v) is 9.44. The number of aliphatic hydroxyl groups is 1. The maximum atomic E-state index is 9.99. The average molecular weight is 479 g/mol. The molecule has 2 fully saturated rings. The highest BCUT2D eigenvalue weighted by molar-refractivity contribution is 5.71. The van der Waals surface area contributed by atoms with E-state index < -0.39 is 6.10 Å². The number of aromatic nitrogens is 3. The predicted octanol–water partition coefficient (Wildman–Crippen LogP) is 2.66. The van der Waals surface area contributed by atoms with Gasteiger partial charge in [0.25, 0.3) is 0 Å². The van der Waals surface area contributed by atoms with Crippen LogP contribution in [0.25, 0.3) is 22.6 Å². The quantitative estimate of drug-likeness (QED) is 0.481. The highest BCUT2D eigenvalue weighted by atomic mass is 16.5. The molecule has 3 aromatic rings. The second-order valence-electron chi connectivity index (χ2n) is 9.44. The molecule has 9 nitrogen and oxygen atoms in total. The number of ether oxygens (including phenoxy) is 1. The summed E-state index contributed by atoms with van der Waals surface area (Å²) in [7, 11) is 1.80. The Balaban J connectivity index is 1.45. The van der Waals surface area contributed by atoms with Gasteiger partial charge in [-0.05, 0) is 45.9 Å². The first-order valence-electron chi connectivity index (χ1n) is 12.4. The molecule has 1 saturated heterocycles. The van der Waals surface area contributed by atoms with Crippen LogP contribution in [-0.4, -0.2) is 83.7 Å². The van der Waals surface area contributed by atoms with Gasteiger partial charge in [-0.2, -0.15) is 0 Å². The van der Waals surface area contributed by atoms with Crippen molar-refractivity contribution in [3.8, 4) is 28.4 Å². The van der Waals surface area contributed by atoms with Gasteiger partial charge in [0.15, 0.2) is 5.82 Å². The lowest BCUT2D eigenvalue weighted by Gasteiger charge is -2.35. The third-order valence-electron chi connectivity index (χ3n) is 6.68. The molecule has 1 unspecified atom stereocenters. The number of aryl methyl sites for hydroxylation is 2. The molecule has 1 atom stereocenters. The van der Waals surface area contributed by atoms with Crippen molar-refractivity contribution in [2.75, 3.05) is 51.3 Å². The fourth-order valence-corrected chi connectivity index (χ4v) is 4.67. The summed E-state index contributed by atoms with van der Waals surface area (Å²) in [5.74, 6) is 2.95. The van der Waals surface area contributed by atoms with E-state index in [1.165, 1.54) is 12.8 Å². The number of likely N-dealkylation sites (N-methyl/N-ethyl adjacent to an activating group) is 1. The van der Waals surface area contributed by atoms with Crippen LogP contribution in [0, 0.1) is 13.8 Å². The number of aliphatic hydroxyl groups excluding tert-OH is 1. The zero-order chi connectivity index (χ0) is 24.4. The van der Waals surface area contributed by atoms with E-state index in [4.69, 9.17) is 19.2 Å². The van der Waals surface area contributed by atoms with Crippen molar-refractivity contribution in [2.24, 2.45) is 0 Å². The van der Waals surface area contributed by atoms with Crippen molar-refractivity contribution in [3.05, 3.63) is 41.8 Å². The van der Waals surface area contributed by atoms with Crippen LogP contribution in [0.1, 0.15) is 24.3 Å². The third kappa shape index (κ3) is 5.47. The number of rotatable bonds is 9. The van der Waals surface area contributed by atoms with Crippen molar-refractivity contribution in [3.63, 3.8) is 0 Å². The Labute approximate surface area is 206 Å². The smallest absolute Gasteiger partial charge is 0.162 e. The van der Waals surface area contributed by atoms with Gasteiger partial charge < -0.3 is 24.6 Å². The summed E-state index contributed by atoms with van der Waals surface area (Å²) >= 11 is 0. The molecule has 0 spiro atoms. The minimum atomic E-state index is -0.580. The van der Waals surface area contributed by atoms with E-state index in [0.717, 1.165) is 66.3 Å². The maximum Gasteiger partial charge on any atom is 0.162 e. The summed E-state index contributed by atoms with van der Waals surface area (Å²) < 4.78 is 11.3. The molecule has 2 aromatic heterocycles. The zero-order valence-corrected chi connectivity index (χ0v) is 20.7. The standard InChI is InChI=1S/C26H34N6O3/c1-17-25(18(2)35-30-17)23-14-24(32-11-9-31(10-12-32)20-7-8-20)29-26(28-23)19-5-4-6-22(13-19)34-16-21(33)15-27-3/h4-6,13-14,20-21,27,33H,7-12,15-16H2,1-3H3. The van der Waals surface area contributed by atoms with Crippen LogP contribution in [0.3, 0.4) is 0 Å². The molecule has 1 aliphatic heterocycles. The lowest BCUT2D eigenvalue weighted by Crippen LogP contribution is -2.47. The molecule has 1 aliphatic carbocycles. The van der Waals surface area contributed by atoms with E-state index in [-0.39, 0.29) is 6.61 Å². The van der Waals surface area contributed by atoms with E-state index >= 15 is 0 Å². The second kappa shape index (κ2) is 10.3. The Kier molecular flexibility index (Phi) is 6.99. The van der Waals surface area contributed by atoms with E-state index in [1.54, 1.807) is 7.05 Å². The van der Waals surface area contributed by atoms with Crippen molar-refractivity contribution in [1.82, 2.24) is 25.3 Å². The topological polar surface area (TPSA) is 99.8 Å². The van der Waals surface area contributed by atoms with Gasteiger partial charge in [-0.3, -0.25) is 4.90 Å². The summed E-state index contributed by atoms with van der Waals surface area (Å²) in [5, 5.41) is 17.1. The molecule has 3 heterocycles. The normalized spacial score (nSPS) is 17.5. The molecule has 0 amide bonds. The van der Waals surface area contributed by atoms with Crippen molar-refractivity contribution < 1.29 is 14.4 Å². The minimum Gasteiger partial charge on any atom is -0.491 e. The molecule has 9 heteroatoms. The van der Waals surface area contributed by atoms with E-state index in [2.05, 4.69) is 26.3 Å². The minimum absolute atomic E-state index is 0.209. The maximum absolute atomic E-state index is 9.99. The summed E-state index contributed by atoms with van der Waals surface area (Å²) in [6.45, 7) is 8.54. The number of anilines is 1. The highest BCUT2D eigenvalue weighted by Crippen LogP contribution is 2.32. The Morgan fingerprint density at radius 1 is 1.14 bits per heavy atom. The van der Waals surface area contributed by atoms with E-state index in [9.17, 15) is 5.11 Å². The largest absolute Gasteiger partial charge is 0.491 e. The molecule has 186 valence electrons. The Morgan fingerprint density at radius 2 is 1.94 bits per heavy atom. The number of benzene rings is 1. The number of nitrogens with zero attached hydrogens (tertiary/aromatic N) is 5. The van der Waals surface area contributed by atoms with Gasteiger partial charge >= 0.3 is 0 Å². The molecule has 2 N–H and O–H groups in total. The van der Waals surface area contributed by atoms with Crippen LogP contribution in [0.15, 0.2) is 34.9 Å². The fourth-order valence-electron chi connectivity index (χ4n) is 4.67. The number of hydrogen-bond acceptors (Lipinski definition) is 9. The van der Waals surface area contributed by atoms with Gasteiger partial charge in [-0.15, -0.1) is 0 Å². The molecule has 5 rings (SSSR count). The molecule has 2 aliphatic rings. The first kappa shape index (κ1) is 23.7. The number of hydrogen-bond donors (Lipinski definition) is 2. The summed E-state index contributed by atoms with van der Waals surface area (Å²) in [6, 6.07) is 10.6. The molecule has 1 aromatic carbocycles. The lowest BCUT2D eigenvalue weighted by molar-refractivity contribution is 0.108. The third-order valence-corrected chi connectivity index (χ3v) is 6.68. The van der Waals surface area contributed by atoms with Gasteiger partial charge in [-0.25, -0.2) is 9.97 Å². The van der Waals surface area contributed by atoms with Crippen LogP contribution >= 0.6 is 0 Å². The van der Waals surface area contributed by atoms with Crippen LogP contribution in [0.4, 0.5) is 5.82 Å². The van der Waals surface area contributed by atoms with Crippen LogP contribution in [0.5, 0.6) is 5.75 Å². The SMILES string of the molecule is CNCC(O)COc1cccc(-c2nc(-c3c(C)noc3C)cc(N3CCN(C4CC4)CC3)n2)c1. The van der Waals surface area contributed by atoms with Crippen LogP contribution in [-0.2, 0) is 0 Å². The summed E-state index contributed by atoms with van der Waals surface area (Å²) in [5.41, 5.74) is 3.39. The molecule has 1 saturated carbocycles. The molecule has 0 bridgehead atoms. The average Bonchev–Trinajstić information content (AvgIpc) is 3.67. The van der Waals surface area contributed by atoms with E-state index in [0.29, 0.717) is 18.1 Å². The van der Waals surface area contributed by atoms with Gasteiger partial charge in [0, 0.05) is 50.4 Å². The Bertz CT molecular complexity index is 1130. The van der Waals surface area contributed by atoms with Gasteiger partial charge in [0.1, 0.15) is 30.0 Å². The highest BCUT2D eigenvalue weighted by Gasteiger charge is 2.31. The van der Waals surface area contributed by atoms with Crippen molar-refractivity contribution >= 4 is 5.82 Å². The Hall–Kier alpha value is -3.01. The zero-order valence-electron chi connectivity index (χ0n) is 20.7. The van der Waals surface area contributed by atoms with Crippen LogP contribution in [0.2, 0.25) is 0 Å². The van der Waals surface area contributed by atoms with Gasteiger partial charge in [0.2, 0.25) is 0 Å². The van der Waals surface area contributed by atoms with Crippen molar-refractivity contribution in [1.29, 1.82) is 0 Å². The van der Waals surface area contributed by atoms with Gasteiger partial charge in [-0.1, -0.05) is 17.3 Å². The first-order valence-corrected chi connectivity index (χ1v) is 12.4. The first-order chi connectivity index (χ1) is 17.0. The summed E-state index contributed by atoms with van der Waals surface area (Å²) in [4.78, 5) is 14.8. The summed E-state index contributed by atoms with van der Waals surface area (Å²) in [6.07, 6.45) is 2.08. The predicted molar refractivity (Wildman–Crippen MR) is 135 cm³/mol.